The van der Waals surface area contributed by atoms with Crippen molar-refractivity contribution in [2.24, 2.45) is 0 Å². The van der Waals surface area contributed by atoms with Gasteiger partial charge in [-0.15, -0.1) is 6.42 Å². The van der Waals surface area contributed by atoms with E-state index in [-0.39, 0.29) is 35.7 Å². The third-order valence-electron chi connectivity index (χ3n) is 10.8. The number of carbonyl (C=O) groups is 4. The highest BCUT2D eigenvalue weighted by Gasteiger charge is 2.40. The van der Waals surface area contributed by atoms with E-state index < -0.39 is 0 Å². The lowest BCUT2D eigenvalue weighted by atomic mass is 9.79. The van der Waals surface area contributed by atoms with Crippen molar-refractivity contribution in [2.45, 2.75) is 65.5 Å². The first-order valence-electron chi connectivity index (χ1n) is 16.9. The van der Waals surface area contributed by atoms with Crippen molar-refractivity contribution in [1.82, 2.24) is 9.80 Å². The fourth-order valence-corrected chi connectivity index (χ4v) is 8.35. The van der Waals surface area contributed by atoms with Gasteiger partial charge in [-0.05, 0) is 106 Å². The molecular formula is C42H34N2O4. The van der Waals surface area contributed by atoms with Gasteiger partial charge < -0.3 is 0 Å². The van der Waals surface area contributed by atoms with Crippen LogP contribution >= 0.6 is 0 Å². The lowest BCUT2D eigenvalue weighted by Crippen LogP contribution is -2.46. The number of hydrogen-bond acceptors (Lipinski definition) is 4. The zero-order valence-corrected chi connectivity index (χ0v) is 27.4. The van der Waals surface area contributed by atoms with Gasteiger partial charge in [-0.2, -0.15) is 0 Å². The molecular weight excluding hydrogens is 596 g/mol. The number of nitrogens with zero attached hydrogens (tertiary/aromatic N) is 2. The van der Waals surface area contributed by atoms with Gasteiger partial charge in [-0.3, -0.25) is 29.0 Å². The van der Waals surface area contributed by atoms with Gasteiger partial charge in [0.25, 0.3) is 23.6 Å². The molecule has 8 rings (SSSR count). The summed E-state index contributed by atoms with van der Waals surface area (Å²) >= 11 is 0. The van der Waals surface area contributed by atoms with Crippen molar-refractivity contribution >= 4 is 66.7 Å². The number of carbonyl (C=O) groups excluding carboxylic acids is 4. The first-order chi connectivity index (χ1) is 23.3. The van der Waals surface area contributed by atoms with Gasteiger partial charge in [0.1, 0.15) is 0 Å². The summed E-state index contributed by atoms with van der Waals surface area (Å²) in [6, 6.07) is 20.6. The first kappa shape index (κ1) is 29.8. The van der Waals surface area contributed by atoms with Gasteiger partial charge >= 0.3 is 0 Å². The Morgan fingerprint density at radius 1 is 0.500 bits per heavy atom. The number of rotatable bonds is 7. The summed E-state index contributed by atoms with van der Waals surface area (Å²) in [5.41, 5.74) is 4.45. The summed E-state index contributed by atoms with van der Waals surface area (Å²) in [7, 11) is 0. The molecule has 6 heteroatoms. The second kappa shape index (κ2) is 10.7. The van der Waals surface area contributed by atoms with Crippen LogP contribution in [0.4, 0.5) is 0 Å². The van der Waals surface area contributed by atoms with E-state index in [0.29, 0.717) is 58.7 Å². The SMILES string of the molecule is C#Cc1ccc(-c2cc3c4c(ccc5c6ccc7c8c(ccc(c2c45)c86)C(=O)N(C(CC)CC)C7=O)C(=O)N(C(CC)CC)C3=O)cc1. The minimum absolute atomic E-state index is 0.190. The van der Waals surface area contributed by atoms with Crippen LogP contribution < -0.4 is 0 Å². The van der Waals surface area contributed by atoms with Crippen molar-refractivity contribution < 1.29 is 19.2 Å². The highest BCUT2D eigenvalue weighted by molar-refractivity contribution is 6.43. The van der Waals surface area contributed by atoms with Gasteiger partial charge in [0, 0.05) is 50.7 Å². The second-order valence-electron chi connectivity index (χ2n) is 13.0. The van der Waals surface area contributed by atoms with Crippen LogP contribution in [-0.2, 0) is 0 Å². The molecule has 6 aromatic rings. The molecule has 0 bridgehead atoms. The molecule has 2 aliphatic heterocycles. The number of hydrogen-bond donors (Lipinski definition) is 0. The van der Waals surface area contributed by atoms with E-state index in [9.17, 15) is 19.2 Å². The van der Waals surface area contributed by atoms with Crippen LogP contribution in [0.5, 0.6) is 0 Å². The molecule has 2 heterocycles. The van der Waals surface area contributed by atoms with Crippen LogP contribution in [-0.4, -0.2) is 45.5 Å². The molecule has 6 nitrogen and oxygen atoms in total. The van der Waals surface area contributed by atoms with Crippen molar-refractivity contribution in [3.63, 3.8) is 0 Å². The van der Waals surface area contributed by atoms with Crippen molar-refractivity contribution in [1.29, 1.82) is 0 Å². The van der Waals surface area contributed by atoms with Crippen LogP contribution in [0.25, 0.3) is 54.2 Å². The normalized spacial score (nSPS) is 14.6. The maximum absolute atomic E-state index is 14.4. The number of benzene rings is 6. The minimum Gasteiger partial charge on any atom is -0.271 e. The summed E-state index contributed by atoms with van der Waals surface area (Å²) in [6.07, 6.45) is 8.38. The van der Waals surface area contributed by atoms with Gasteiger partial charge in [0.2, 0.25) is 0 Å². The zero-order valence-electron chi connectivity index (χ0n) is 27.4. The van der Waals surface area contributed by atoms with Crippen LogP contribution in [0.3, 0.4) is 0 Å². The Kier molecular flexibility index (Phi) is 6.68. The maximum Gasteiger partial charge on any atom is 0.261 e. The second-order valence-corrected chi connectivity index (χ2v) is 13.0. The van der Waals surface area contributed by atoms with E-state index in [0.717, 1.165) is 49.0 Å². The summed E-state index contributed by atoms with van der Waals surface area (Å²) in [4.78, 5) is 59.4. The fourth-order valence-electron chi connectivity index (χ4n) is 8.35. The van der Waals surface area contributed by atoms with E-state index in [1.54, 1.807) is 0 Å². The van der Waals surface area contributed by atoms with Crippen molar-refractivity contribution in [3.05, 3.63) is 94.5 Å². The fraction of sp³-hybridized carbons (Fsp3) is 0.238. The Hall–Kier alpha value is -5.54. The van der Waals surface area contributed by atoms with Gasteiger partial charge in [0.05, 0.1) is 0 Å². The van der Waals surface area contributed by atoms with Gasteiger partial charge in [-0.1, -0.05) is 63.9 Å². The summed E-state index contributed by atoms with van der Waals surface area (Å²) in [5.74, 6) is 1.56. The zero-order chi connectivity index (χ0) is 33.6. The van der Waals surface area contributed by atoms with Gasteiger partial charge in [-0.25, -0.2) is 0 Å². The summed E-state index contributed by atoms with van der Waals surface area (Å²) in [5, 5.41) is 6.42. The maximum atomic E-state index is 14.4. The monoisotopic (exact) mass is 630 g/mol. The van der Waals surface area contributed by atoms with Crippen molar-refractivity contribution in [2.75, 3.05) is 0 Å². The molecule has 48 heavy (non-hydrogen) atoms. The summed E-state index contributed by atoms with van der Waals surface area (Å²) in [6.45, 7) is 7.99. The van der Waals surface area contributed by atoms with E-state index in [4.69, 9.17) is 6.42 Å². The molecule has 0 saturated carbocycles. The minimum atomic E-state index is -0.292. The Morgan fingerprint density at radius 3 is 1.42 bits per heavy atom. The predicted octanol–water partition coefficient (Wildman–Crippen LogP) is 8.95. The Balaban J connectivity index is 1.54. The third kappa shape index (κ3) is 3.76. The Morgan fingerprint density at radius 2 is 0.938 bits per heavy atom. The molecule has 2 aliphatic rings. The lowest BCUT2D eigenvalue weighted by molar-refractivity contribution is 0.0514. The largest absolute Gasteiger partial charge is 0.271 e. The lowest BCUT2D eigenvalue weighted by Gasteiger charge is -2.35. The molecule has 0 fully saturated rings. The number of terminal acetylenes is 1. The molecule has 4 amide bonds. The standard InChI is InChI=1S/C42H34N2O4/c1-6-22-11-13-23(14-12-22)32-21-33-37-31(41(47)44(42(33)48)25(9-4)10-5)19-16-27-26-15-18-29-36-30(20-17-28(34(26)36)35(32)38(27)37)40(46)43(39(29)45)24(7-2)8-3/h1,11-21,24-25H,7-10H2,2-5H3. The van der Waals surface area contributed by atoms with Crippen molar-refractivity contribution in [3.8, 4) is 23.5 Å². The summed E-state index contributed by atoms with van der Waals surface area (Å²) < 4.78 is 0. The highest BCUT2D eigenvalue weighted by Crippen LogP contribution is 2.49. The predicted molar refractivity (Wildman–Crippen MR) is 191 cm³/mol. The molecule has 0 N–H and O–H groups in total. The average Bonchev–Trinajstić information content (AvgIpc) is 3.12. The van der Waals surface area contributed by atoms with Gasteiger partial charge in [0.15, 0.2) is 0 Å². The molecule has 0 aliphatic carbocycles. The molecule has 0 radical (unpaired) electrons. The average molecular weight is 631 g/mol. The van der Waals surface area contributed by atoms with E-state index in [1.807, 2.05) is 94.4 Å². The molecule has 0 saturated heterocycles. The molecule has 236 valence electrons. The number of amides is 4. The first-order valence-corrected chi connectivity index (χ1v) is 16.9. The Labute approximate surface area is 278 Å². The van der Waals surface area contributed by atoms with Crippen LogP contribution in [0.1, 0.15) is 100 Å². The topological polar surface area (TPSA) is 74.8 Å². The smallest absolute Gasteiger partial charge is 0.261 e. The van der Waals surface area contributed by atoms with E-state index in [2.05, 4.69) is 5.92 Å². The molecule has 0 aromatic heterocycles. The Bertz CT molecular complexity index is 2420. The number of imide groups is 2. The molecule has 0 atom stereocenters. The number of fused-ring (bicyclic) bond motifs is 2. The van der Waals surface area contributed by atoms with Crippen LogP contribution in [0, 0.1) is 12.3 Å². The third-order valence-corrected chi connectivity index (χ3v) is 10.8. The van der Waals surface area contributed by atoms with Crippen LogP contribution in [0.2, 0.25) is 0 Å². The molecule has 0 spiro atoms. The molecule has 6 aromatic carbocycles. The van der Waals surface area contributed by atoms with Crippen LogP contribution in [0.15, 0.2) is 66.7 Å². The van der Waals surface area contributed by atoms with E-state index in [1.165, 1.54) is 9.80 Å². The highest BCUT2D eigenvalue weighted by atomic mass is 16.2. The quantitative estimate of drug-likeness (QED) is 0.0764. The van der Waals surface area contributed by atoms with E-state index >= 15 is 0 Å². The molecule has 0 unspecified atom stereocenters.